The van der Waals surface area contributed by atoms with Crippen LogP contribution in [0.4, 0.5) is 22.9 Å². The van der Waals surface area contributed by atoms with E-state index in [1.807, 2.05) is 30.6 Å². The molecule has 0 aliphatic rings. The number of nitrogens with one attached hydrogen (secondary N) is 2. The van der Waals surface area contributed by atoms with E-state index in [1.165, 1.54) is 49.9 Å². The molecule has 6 heteroatoms. The summed E-state index contributed by atoms with van der Waals surface area (Å²) in [7, 11) is 0. The van der Waals surface area contributed by atoms with E-state index in [2.05, 4.69) is 261 Å². The lowest BCUT2D eigenvalue weighted by Gasteiger charge is -2.32. The fraction of sp³-hybridized carbons (Fsp3) is 0.343. The summed E-state index contributed by atoms with van der Waals surface area (Å²) in [6, 6.07) is 50.7. The Bertz CT molecular complexity index is 3530. The van der Waals surface area contributed by atoms with Gasteiger partial charge in [0.05, 0.1) is 22.4 Å². The average Bonchev–Trinajstić information content (AvgIpc) is 3.67. The van der Waals surface area contributed by atoms with Gasteiger partial charge in [0.1, 0.15) is 17.3 Å². The first-order valence-electron chi connectivity index (χ1n) is 27.2. The Morgan fingerprint density at radius 3 is 1.50 bits per heavy atom. The smallest absolute Gasteiger partial charge is 0.154 e. The molecule has 0 amide bonds. The number of ether oxygens (including phenoxy) is 1. The third-order valence-electron chi connectivity index (χ3n) is 14.9. The summed E-state index contributed by atoms with van der Waals surface area (Å²) in [5.74, 6) is 3.05. The highest BCUT2D eigenvalue weighted by molar-refractivity contribution is 6.09. The maximum Gasteiger partial charge on any atom is 0.154 e. The van der Waals surface area contributed by atoms with Crippen molar-refractivity contribution in [2.24, 2.45) is 0 Å². The normalized spacial score (nSPS) is 12.9. The van der Waals surface area contributed by atoms with Gasteiger partial charge in [-0.3, -0.25) is 4.57 Å². The van der Waals surface area contributed by atoms with E-state index in [1.54, 1.807) is 0 Å². The number of hydrogen-bond acceptors (Lipinski definition) is 5. The van der Waals surface area contributed by atoms with Crippen molar-refractivity contribution in [2.75, 3.05) is 10.6 Å². The fourth-order valence-electron chi connectivity index (χ4n) is 10.3. The lowest BCUT2D eigenvalue weighted by atomic mass is 9.74. The van der Waals surface area contributed by atoms with Crippen LogP contribution in [0.15, 0.2) is 152 Å². The summed E-state index contributed by atoms with van der Waals surface area (Å²) in [6.45, 7) is 41.5. The molecule has 0 aliphatic carbocycles. The molecule has 0 spiro atoms. The van der Waals surface area contributed by atoms with E-state index in [4.69, 9.17) is 14.7 Å². The maximum atomic E-state index is 6.76. The summed E-state index contributed by atoms with van der Waals surface area (Å²) < 4.78 is 9.02. The molecule has 9 rings (SSSR count). The molecule has 6 nitrogen and oxygen atoms in total. The largest absolute Gasteiger partial charge is 0.457 e. The number of hydrogen-bond donors (Lipinski definition) is 2. The highest BCUT2D eigenvalue weighted by Crippen LogP contribution is 2.49. The molecule has 2 N–H and O–H groups in total. The first-order chi connectivity index (χ1) is 35.4. The Hall–Kier alpha value is -7.18. The minimum absolute atomic E-state index is 0.0242. The molecule has 6 aromatic carbocycles. The van der Waals surface area contributed by atoms with Gasteiger partial charge in [0.15, 0.2) is 5.82 Å². The van der Waals surface area contributed by atoms with Gasteiger partial charge >= 0.3 is 0 Å². The van der Waals surface area contributed by atoms with Crippen molar-refractivity contribution in [1.29, 1.82) is 0 Å². The molecule has 0 saturated heterocycles. The second-order valence-electron chi connectivity index (χ2n) is 27.2. The number of nitrogens with zero attached hydrogens (tertiary/aromatic N) is 3. The molecule has 0 radical (unpaired) electrons. The molecule has 0 saturated carbocycles. The van der Waals surface area contributed by atoms with Gasteiger partial charge in [0.25, 0.3) is 0 Å². The monoisotopic (exact) mass is 1010 g/mol. The minimum Gasteiger partial charge on any atom is -0.457 e. The predicted octanol–water partition coefficient (Wildman–Crippen LogP) is 20.0. The van der Waals surface area contributed by atoms with Gasteiger partial charge in [-0.1, -0.05) is 185 Å². The van der Waals surface area contributed by atoms with Gasteiger partial charge in [-0.2, -0.15) is 0 Å². The zero-order chi connectivity index (χ0) is 54.9. The van der Waals surface area contributed by atoms with Gasteiger partial charge in [-0.05, 0) is 144 Å². The molecule has 0 fully saturated rings. The lowest BCUT2D eigenvalue weighted by Crippen LogP contribution is -2.18. The maximum absolute atomic E-state index is 6.76. The zero-order valence-electron chi connectivity index (χ0n) is 48.7. The van der Waals surface area contributed by atoms with E-state index in [0.717, 1.165) is 62.0 Å². The first kappa shape index (κ1) is 53.6. The summed E-state index contributed by atoms with van der Waals surface area (Å²) in [5, 5.41) is 10.2. The Kier molecular flexibility index (Phi) is 13.7. The summed E-state index contributed by atoms with van der Waals surface area (Å²) in [4.78, 5) is 10.0. The van der Waals surface area contributed by atoms with E-state index < -0.39 is 0 Å². The third-order valence-corrected chi connectivity index (χ3v) is 14.9. The van der Waals surface area contributed by atoms with E-state index in [-0.39, 0.29) is 32.5 Å². The zero-order valence-corrected chi connectivity index (χ0v) is 48.7. The molecule has 9 aromatic rings. The van der Waals surface area contributed by atoms with Gasteiger partial charge in [0, 0.05) is 52.1 Å². The van der Waals surface area contributed by atoms with Crippen LogP contribution in [-0.4, -0.2) is 14.5 Å². The molecule has 0 unspecified atom stereocenters. The Morgan fingerprint density at radius 1 is 0.382 bits per heavy atom. The third kappa shape index (κ3) is 11.1. The highest BCUT2D eigenvalue weighted by Gasteiger charge is 2.31. The van der Waals surface area contributed by atoms with Crippen molar-refractivity contribution >= 4 is 44.7 Å². The van der Waals surface area contributed by atoms with E-state index in [0.29, 0.717) is 5.75 Å². The Morgan fingerprint density at radius 2 is 0.921 bits per heavy atom. The number of fused-ring (bicyclic) bond motifs is 3. The molecular weight excluding hydrogens is 927 g/mol. The van der Waals surface area contributed by atoms with Gasteiger partial charge in [-0.15, -0.1) is 0 Å². The van der Waals surface area contributed by atoms with Gasteiger partial charge < -0.3 is 15.4 Å². The van der Waals surface area contributed by atoms with E-state index in [9.17, 15) is 0 Å². The van der Waals surface area contributed by atoms with E-state index >= 15 is 0 Å². The van der Waals surface area contributed by atoms with Crippen LogP contribution in [0.1, 0.15) is 158 Å². The van der Waals surface area contributed by atoms with Crippen LogP contribution in [0.3, 0.4) is 0 Å². The van der Waals surface area contributed by atoms with Crippen LogP contribution in [-0.2, 0) is 32.5 Å². The number of pyridine rings is 2. The molecule has 0 atom stereocenters. The number of benzene rings is 6. The van der Waals surface area contributed by atoms with Crippen LogP contribution < -0.4 is 15.4 Å². The van der Waals surface area contributed by atoms with Crippen LogP contribution in [0.25, 0.3) is 49.9 Å². The number of rotatable bonds is 9. The molecule has 3 aromatic heterocycles. The molecule has 76 heavy (non-hydrogen) atoms. The van der Waals surface area contributed by atoms with Crippen LogP contribution >= 0.6 is 0 Å². The minimum atomic E-state index is -0.153. The predicted molar refractivity (Wildman–Crippen MR) is 325 cm³/mol. The SMILES string of the molecule is CC(C)(C)c1ccnc(-n2c3ccccc3c3ccc(Oc4cccc(Nc5cccnc5Nc5c(-c6cc(C(C)(C)C)ccc6C(C)(C)C)cc(C(C)(C)C)cc5-c5cc(C(C)(C)C)ccc5C(C)(C)C)c4)cc32)c1. The summed E-state index contributed by atoms with van der Waals surface area (Å²) >= 11 is 0. The Balaban J connectivity index is 1.17. The number of para-hydroxylation sites is 1. The van der Waals surface area contributed by atoms with Crippen molar-refractivity contribution in [3.05, 3.63) is 185 Å². The quantitative estimate of drug-likeness (QED) is 0.151. The van der Waals surface area contributed by atoms with Crippen LogP contribution in [0, 0.1) is 0 Å². The van der Waals surface area contributed by atoms with Crippen LogP contribution in [0.2, 0.25) is 0 Å². The topological polar surface area (TPSA) is 64.0 Å². The fourth-order valence-corrected chi connectivity index (χ4v) is 10.3. The van der Waals surface area contributed by atoms with Crippen LogP contribution in [0.5, 0.6) is 11.5 Å². The van der Waals surface area contributed by atoms with Crippen molar-refractivity contribution < 1.29 is 4.74 Å². The van der Waals surface area contributed by atoms with Crippen molar-refractivity contribution in [1.82, 2.24) is 14.5 Å². The molecule has 0 aliphatic heterocycles. The molecular formula is C70H81N5O. The molecule has 0 bridgehead atoms. The Labute approximate surface area is 454 Å². The van der Waals surface area contributed by atoms with Gasteiger partial charge in [0.2, 0.25) is 0 Å². The lowest BCUT2D eigenvalue weighted by molar-refractivity contribution is 0.483. The van der Waals surface area contributed by atoms with Gasteiger partial charge in [-0.25, -0.2) is 9.97 Å². The number of anilines is 4. The summed E-state index contributed by atoms with van der Waals surface area (Å²) in [5.41, 5.74) is 16.7. The first-order valence-corrected chi connectivity index (χ1v) is 27.2. The summed E-state index contributed by atoms with van der Waals surface area (Å²) in [6.07, 6.45) is 3.80. The standard InChI is InChI=1S/C70H81N5O/c1-65(2,3)44-28-32-57(69(13,14)15)53(37-44)55-39-47(68(10,11)12)40-56(54-38-45(66(4,5)6)29-33-58(54)70(16,17)18)63(55)74-64-59(26-22-35-72-64)73-48-23-21-24-49(42-48)76-50-30-31-52-51-25-19-20-27-60(51)75(61(52)43-50)62-41-46(34-36-71-62)67(7,8)9/h19-43,73H,1-18H3,(H,72,74). The van der Waals surface area contributed by atoms with Crippen molar-refractivity contribution in [3.8, 4) is 39.6 Å². The average molecular weight is 1010 g/mol. The second-order valence-corrected chi connectivity index (χ2v) is 27.2. The highest BCUT2D eigenvalue weighted by atomic mass is 16.5. The second kappa shape index (κ2) is 19.4. The number of aromatic nitrogens is 3. The molecule has 3 heterocycles. The van der Waals surface area contributed by atoms with Crippen molar-refractivity contribution in [2.45, 2.75) is 157 Å². The van der Waals surface area contributed by atoms with Crippen molar-refractivity contribution in [3.63, 3.8) is 0 Å². The molecule has 392 valence electrons.